The number of cyclic esters (lactones) is 1. The Balaban J connectivity index is 1.57. The highest BCUT2D eigenvalue weighted by Crippen LogP contribution is 2.36. The molecule has 0 unspecified atom stereocenters. The first-order valence-electron chi connectivity index (χ1n) is 10.7. The van der Waals surface area contributed by atoms with Crippen LogP contribution >= 0.6 is 0 Å². The molecule has 7 heteroatoms. The number of hydrogen-bond acceptors (Lipinski definition) is 5. The van der Waals surface area contributed by atoms with Gasteiger partial charge in [-0.3, -0.25) is 4.90 Å². The number of aromatic carboxylic acids is 1. The van der Waals surface area contributed by atoms with E-state index >= 15 is 0 Å². The molecule has 7 nitrogen and oxygen atoms in total. The summed E-state index contributed by atoms with van der Waals surface area (Å²) in [5, 5.41) is 9.44. The largest absolute Gasteiger partial charge is 0.478 e. The zero-order valence-electron chi connectivity index (χ0n) is 18.0. The van der Waals surface area contributed by atoms with Crippen molar-refractivity contribution in [3.05, 3.63) is 59.2 Å². The predicted octanol–water partition coefficient (Wildman–Crippen LogP) is 3.75. The lowest BCUT2D eigenvalue weighted by Crippen LogP contribution is -2.50. The van der Waals surface area contributed by atoms with Crippen molar-refractivity contribution in [2.45, 2.75) is 44.8 Å². The molecule has 0 aliphatic carbocycles. The number of carbonyl (C=O) groups excluding carboxylic acids is 1. The van der Waals surface area contributed by atoms with Gasteiger partial charge in [-0.05, 0) is 42.7 Å². The first-order chi connectivity index (χ1) is 14.8. The standard InChI is InChI=1S/C24H29N3O4/c1-24(2,15-25)19-13-16(22(28)29)7-8-21(19)26-11-9-18(10-12-26)27-20-6-4-3-5-17(20)14-31-23(27)30/h3-8,13,18H,9-12,14-15,25H2,1-2H3,(H,28,29). The summed E-state index contributed by atoms with van der Waals surface area (Å²) in [7, 11) is 0. The first-order valence-corrected chi connectivity index (χ1v) is 10.7. The van der Waals surface area contributed by atoms with Gasteiger partial charge in [-0.2, -0.15) is 0 Å². The molecule has 1 fully saturated rings. The van der Waals surface area contributed by atoms with Crippen molar-refractivity contribution in [2.75, 3.05) is 29.4 Å². The van der Waals surface area contributed by atoms with E-state index in [1.807, 2.05) is 44.2 Å². The van der Waals surface area contributed by atoms with Crippen LogP contribution in [0, 0.1) is 0 Å². The third-order valence-electron chi connectivity index (χ3n) is 6.45. The van der Waals surface area contributed by atoms with Crippen LogP contribution in [0.3, 0.4) is 0 Å². The number of piperidine rings is 1. The summed E-state index contributed by atoms with van der Waals surface area (Å²) in [6.45, 7) is 6.32. The molecule has 0 saturated carbocycles. The monoisotopic (exact) mass is 423 g/mol. The van der Waals surface area contributed by atoms with Crippen molar-refractivity contribution in [1.29, 1.82) is 0 Å². The lowest BCUT2D eigenvalue weighted by atomic mass is 9.82. The molecule has 2 aliphatic heterocycles. The van der Waals surface area contributed by atoms with E-state index in [0.717, 1.165) is 48.4 Å². The molecule has 0 aromatic heterocycles. The minimum absolute atomic E-state index is 0.0643. The van der Waals surface area contributed by atoms with E-state index in [1.54, 1.807) is 17.0 Å². The predicted molar refractivity (Wildman–Crippen MR) is 120 cm³/mol. The van der Waals surface area contributed by atoms with Gasteiger partial charge in [-0.1, -0.05) is 32.0 Å². The molecule has 0 spiro atoms. The third kappa shape index (κ3) is 3.97. The quantitative estimate of drug-likeness (QED) is 0.760. The number of rotatable bonds is 5. The van der Waals surface area contributed by atoms with Crippen molar-refractivity contribution in [3.8, 4) is 0 Å². The molecule has 2 aromatic rings. The molecule has 1 amide bonds. The van der Waals surface area contributed by atoms with Gasteiger partial charge in [0.15, 0.2) is 0 Å². The van der Waals surface area contributed by atoms with Gasteiger partial charge in [0.2, 0.25) is 0 Å². The second kappa shape index (κ2) is 8.23. The Hall–Kier alpha value is -3.06. The van der Waals surface area contributed by atoms with Gasteiger partial charge in [0.05, 0.1) is 11.3 Å². The summed E-state index contributed by atoms with van der Waals surface area (Å²) in [5.74, 6) is -0.943. The fourth-order valence-corrected chi connectivity index (χ4v) is 4.48. The first kappa shape index (κ1) is 21.2. The average Bonchev–Trinajstić information content (AvgIpc) is 2.79. The molecule has 0 radical (unpaired) electrons. The lowest BCUT2D eigenvalue weighted by molar-refractivity contribution is 0.0696. The summed E-state index contributed by atoms with van der Waals surface area (Å²) in [5.41, 5.74) is 9.85. The highest BCUT2D eigenvalue weighted by Gasteiger charge is 2.35. The molecule has 0 bridgehead atoms. The van der Waals surface area contributed by atoms with Gasteiger partial charge in [-0.15, -0.1) is 0 Å². The maximum atomic E-state index is 12.6. The van der Waals surface area contributed by atoms with Gasteiger partial charge in [0, 0.05) is 42.3 Å². The van der Waals surface area contributed by atoms with Crippen LogP contribution in [0.4, 0.5) is 16.2 Å². The van der Waals surface area contributed by atoms with Crippen molar-refractivity contribution < 1.29 is 19.4 Å². The van der Waals surface area contributed by atoms with Crippen LogP contribution in [0.1, 0.15) is 48.2 Å². The number of fused-ring (bicyclic) bond motifs is 1. The topological polar surface area (TPSA) is 96.1 Å². The van der Waals surface area contributed by atoms with E-state index in [4.69, 9.17) is 10.5 Å². The summed E-state index contributed by atoms with van der Waals surface area (Å²) < 4.78 is 5.40. The zero-order chi connectivity index (χ0) is 22.2. The average molecular weight is 424 g/mol. The molecule has 3 N–H and O–H groups in total. The van der Waals surface area contributed by atoms with Crippen molar-refractivity contribution in [1.82, 2.24) is 0 Å². The number of anilines is 2. The highest BCUT2D eigenvalue weighted by molar-refractivity contribution is 5.91. The maximum Gasteiger partial charge on any atom is 0.414 e. The smallest absolute Gasteiger partial charge is 0.414 e. The molecular weight excluding hydrogens is 394 g/mol. The number of nitrogens with two attached hydrogens (primary N) is 1. The number of amides is 1. The molecule has 31 heavy (non-hydrogen) atoms. The molecule has 0 atom stereocenters. The normalized spacial score (nSPS) is 17.3. The van der Waals surface area contributed by atoms with E-state index in [2.05, 4.69) is 4.90 Å². The number of para-hydroxylation sites is 1. The summed E-state index contributed by atoms with van der Waals surface area (Å²) in [6.07, 6.45) is 1.31. The summed E-state index contributed by atoms with van der Waals surface area (Å²) >= 11 is 0. The molecule has 2 aromatic carbocycles. The van der Waals surface area contributed by atoms with Crippen LogP contribution < -0.4 is 15.5 Å². The Morgan fingerprint density at radius 1 is 1.16 bits per heavy atom. The fourth-order valence-electron chi connectivity index (χ4n) is 4.48. The number of carboxylic acid groups (broad SMARTS) is 1. The van der Waals surface area contributed by atoms with E-state index < -0.39 is 5.97 Å². The van der Waals surface area contributed by atoms with Crippen LogP contribution in [-0.4, -0.2) is 42.8 Å². The van der Waals surface area contributed by atoms with Crippen LogP contribution in [0.5, 0.6) is 0 Å². The Morgan fingerprint density at radius 2 is 1.87 bits per heavy atom. The number of nitrogens with zero attached hydrogens (tertiary/aromatic N) is 2. The zero-order valence-corrected chi connectivity index (χ0v) is 18.0. The second-order valence-electron chi connectivity index (χ2n) is 8.90. The Morgan fingerprint density at radius 3 is 2.55 bits per heavy atom. The van der Waals surface area contributed by atoms with E-state index in [0.29, 0.717) is 13.2 Å². The summed E-state index contributed by atoms with van der Waals surface area (Å²) in [4.78, 5) is 28.1. The van der Waals surface area contributed by atoms with Crippen LogP contribution in [0.2, 0.25) is 0 Å². The summed E-state index contributed by atoms with van der Waals surface area (Å²) in [6, 6.07) is 13.2. The number of hydrogen-bond donors (Lipinski definition) is 2. The van der Waals surface area contributed by atoms with Gasteiger partial charge >= 0.3 is 12.1 Å². The third-order valence-corrected chi connectivity index (χ3v) is 6.45. The number of carboxylic acids is 1. The van der Waals surface area contributed by atoms with E-state index in [-0.39, 0.29) is 23.1 Å². The molecule has 4 rings (SSSR count). The molecule has 2 heterocycles. The van der Waals surface area contributed by atoms with E-state index in [9.17, 15) is 14.7 Å². The Bertz CT molecular complexity index is 996. The molecular formula is C24H29N3O4. The minimum Gasteiger partial charge on any atom is -0.478 e. The van der Waals surface area contributed by atoms with Crippen LogP contribution in [0.25, 0.3) is 0 Å². The minimum atomic E-state index is -0.943. The van der Waals surface area contributed by atoms with Gasteiger partial charge in [0.25, 0.3) is 0 Å². The number of benzene rings is 2. The van der Waals surface area contributed by atoms with Gasteiger partial charge < -0.3 is 20.5 Å². The van der Waals surface area contributed by atoms with Crippen LogP contribution in [0.15, 0.2) is 42.5 Å². The Labute approximate surface area is 182 Å². The van der Waals surface area contributed by atoms with Gasteiger partial charge in [-0.25, -0.2) is 9.59 Å². The number of carbonyl (C=O) groups is 2. The second-order valence-corrected chi connectivity index (χ2v) is 8.90. The SMILES string of the molecule is CC(C)(CN)c1cc(C(=O)O)ccc1N1CCC(N2C(=O)OCc3ccccc32)CC1. The molecule has 164 valence electrons. The fraction of sp³-hybridized carbons (Fsp3) is 0.417. The van der Waals surface area contributed by atoms with Gasteiger partial charge in [0.1, 0.15) is 6.61 Å². The Kier molecular flexibility index (Phi) is 5.62. The lowest BCUT2D eigenvalue weighted by Gasteiger charge is -2.42. The van der Waals surface area contributed by atoms with E-state index in [1.165, 1.54) is 0 Å². The van der Waals surface area contributed by atoms with Crippen molar-refractivity contribution in [2.24, 2.45) is 5.73 Å². The van der Waals surface area contributed by atoms with Crippen molar-refractivity contribution >= 4 is 23.4 Å². The van der Waals surface area contributed by atoms with Crippen LogP contribution in [-0.2, 0) is 16.8 Å². The van der Waals surface area contributed by atoms with Crippen molar-refractivity contribution in [3.63, 3.8) is 0 Å². The molecule has 1 saturated heterocycles. The number of ether oxygens (including phenoxy) is 1. The maximum absolute atomic E-state index is 12.6. The highest BCUT2D eigenvalue weighted by atomic mass is 16.6. The molecule has 2 aliphatic rings.